The third kappa shape index (κ3) is 4.12. The van der Waals surface area contributed by atoms with Crippen molar-refractivity contribution in [3.8, 4) is 11.5 Å². The van der Waals surface area contributed by atoms with Crippen molar-refractivity contribution < 1.29 is 17.6 Å². The molecule has 0 bridgehead atoms. The zero-order valence-corrected chi connectivity index (χ0v) is 17.3. The SMILES string of the molecule is CC1CCCCN1S(=O)(=O)c1cccc(C(=O)Nc2ccc(-c3nnco3)cc2)c1. The second-order valence-electron chi connectivity index (χ2n) is 7.26. The molecule has 0 saturated carbocycles. The Morgan fingerprint density at radius 1 is 1.17 bits per heavy atom. The van der Waals surface area contributed by atoms with Crippen molar-refractivity contribution in [3.05, 3.63) is 60.5 Å². The lowest BCUT2D eigenvalue weighted by atomic mass is 10.1. The fourth-order valence-corrected chi connectivity index (χ4v) is 5.31. The average Bonchev–Trinajstić information content (AvgIpc) is 3.29. The first-order chi connectivity index (χ1) is 14.4. The van der Waals surface area contributed by atoms with Gasteiger partial charge in [0.05, 0.1) is 4.90 Å². The highest BCUT2D eigenvalue weighted by Gasteiger charge is 2.31. The molecule has 0 radical (unpaired) electrons. The van der Waals surface area contributed by atoms with Crippen LogP contribution in [0.4, 0.5) is 5.69 Å². The van der Waals surface area contributed by atoms with Crippen molar-refractivity contribution >= 4 is 21.6 Å². The molecule has 30 heavy (non-hydrogen) atoms. The van der Waals surface area contributed by atoms with Gasteiger partial charge in [0, 0.05) is 29.4 Å². The number of amides is 1. The molecule has 1 aliphatic rings. The molecule has 1 N–H and O–H groups in total. The van der Waals surface area contributed by atoms with E-state index in [1.54, 1.807) is 36.4 Å². The van der Waals surface area contributed by atoms with Crippen molar-refractivity contribution in [1.82, 2.24) is 14.5 Å². The second-order valence-corrected chi connectivity index (χ2v) is 9.15. The number of carbonyl (C=O) groups excluding carboxylic acids is 1. The van der Waals surface area contributed by atoms with Crippen LogP contribution in [0.5, 0.6) is 0 Å². The van der Waals surface area contributed by atoms with Crippen LogP contribution in [0.1, 0.15) is 36.5 Å². The Morgan fingerprint density at radius 2 is 1.97 bits per heavy atom. The Morgan fingerprint density at radius 3 is 2.67 bits per heavy atom. The number of nitrogens with one attached hydrogen (secondary N) is 1. The fourth-order valence-electron chi connectivity index (χ4n) is 3.56. The molecule has 1 aliphatic heterocycles. The summed E-state index contributed by atoms with van der Waals surface area (Å²) in [6.45, 7) is 2.43. The van der Waals surface area contributed by atoms with Gasteiger partial charge in [-0.3, -0.25) is 4.79 Å². The summed E-state index contributed by atoms with van der Waals surface area (Å²) in [5, 5.41) is 10.3. The van der Waals surface area contributed by atoms with E-state index >= 15 is 0 Å². The van der Waals surface area contributed by atoms with Gasteiger partial charge in [0.2, 0.25) is 22.3 Å². The molecule has 1 saturated heterocycles. The number of hydrogen-bond acceptors (Lipinski definition) is 6. The third-order valence-corrected chi connectivity index (χ3v) is 7.20. The molecule has 1 atom stereocenters. The number of rotatable bonds is 5. The number of carbonyl (C=O) groups is 1. The van der Waals surface area contributed by atoms with Crippen molar-refractivity contribution in [3.63, 3.8) is 0 Å². The van der Waals surface area contributed by atoms with Crippen LogP contribution in [0.3, 0.4) is 0 Å². The molecular weight excluding hydrogens is 404 g/mol. The Kier molecular flexibility index (Phi) is 5.65. The zero-order valence-electron chi connectivity index (χ0n) is 16.5. The van der Waals surface area contributed by atoms with Crippen LogP contribution < -0.4 is 5.32 Å². The molecular formula is C21H22N4O4S. The number of nitrogens with zero attached hydrogens (tertiary/aromatic N) is 3. The molecule has 4 rings (SSSR count). The lowest BCUT2D eigenvalue weighted by Gasteiger charge is -2.32. The lowest BCUT2D eigenvalue weighted by molar-refractivity contribution is 0.102. The standard InChI is InChI=1S/C21H22N4O4S/c1-15-5-2-3-12-25(15)30(27,28)19-7-4-6-17(13-19)20(26)23-18-10-8-16(9-11-18)21-24-22-14-29-21/h4,6-11,13-15H,2-3,5,12H2,1H3,(H,23,26). The Labute approximate surface area is 175 Å². The molecule has 0 spiro atoms. The van der Waals surface area contributed by atoms with Gasteiger partial charge in [-0.15, -0.1) is 10.2 Å². The average molecular weight is 426 g/mol. The summed E-state index contributed by atoms with van der Waals surface area (Å²) in [6.07, 6.45) is 3.97. The van der Waals surface area contributed by atoms with E-state index in [-0.39, 0.29) is 22.4 Å². The van der Waals surface area contributed by atoms with Crippen LogP contribution in [0, 0.1) is 0 Å². The minimum atomic E-state index is -3.64. The van der Waals surface area contributed by atoms with Gasteiger partial charge in [-0.2, -0.15) is 4.31 Å². The van der Waals surface area contributed by atoms with Crippen LogP contribution in [-0.4, -0.2) is 41.4 Å². The van der Waals surface area contributed by atoms with Gasteiger partial charge in [-0.25, -0.2) is 8.42 Å². The maximum absolute atomic E-state index is 13.1. The van der Waals surface area contributed by atoms with Gasteiger partial charge in [0.25, 0.3) is 5.91 Å². The molecule has 1 amide bonds. The normalized spacial score (nSPS) is 17.6. The first kappa shape index (κ1) is 20.2. The number of aromatic nitrogens is 2. The highest BCUT2D eigenvalue weighted by atomic mass is 32.2. The fraction of sp³-hybridized carbons (Fsp3) is 0.286. The molecule has 2 heterocycles. The molecule has 9 heteroatoms. The summed E-state index contributed by atoms with van der Waals surface area (Å²) in [7, 11) is -3.64. The van der Waals surface area contributed by atoms with E-state index in [9.17, 15) is 13.2 Å². The number of piperidine rings is 1. The van der Waals surface area contributed by atoms with Crippen LogP contribution in [-0.2, 0) is 10.0 Å². The Bertz CT molecular complexity index is 1130. The van der Waals surface area contributed by atoms with Crippen molar-refractivity contribution in [2.24, 2.45) is 0 Å². The first-order valence-electron chi connectivity index (χ1n) is 9.75. The second kappa shape index (κ2) is 8.37. The summed E-state index contributed by atoms with van der Waals surface area (Å²) in [6, 6.07) is 13.0. The van der Waals surface area contributed by atoms with Gasteiger partial charge in [0.15, 0.2) is 0 Å². The Balaban J connectivity index is 1.51. The van der Waals surface area contributed by atoms with Gasteiger partial charge in [-0.1, -0.05) is 12.5 Å². The van der Waals surface area contributed by atoms with Gasteiger partial charge < -0.3 is 9.73 Å². The van der Waals surface area contributed by atoms with Gasteiger partial charge in [-0.05, 0) is 62.2 Å². The number of benzene rings is 2. The van der Waals surface area contributed by atoms with Gasteiger partial charge >= 0.3 is 0 Å². The maximum Gasteiger partial charge on any atom is 0.255 e. The van der Waals surface area contributed by atoms with E-state index in [1.165, 1.54) is 22.8 Å². The summed E-state index contributed by atoms with van der Waals surface area (Å²) in [5.41, 5.74) is 1.58. The van der Waals surface area contributed by atoms with E-state index < -0.39 is 10.0 Å². The zero-order chi connectivity index (χ0) is 21.1. The minimum Gasteiger partial charge on any atom is -0.423 e. The largest absolute Gasteiger partial charge is 0.423 e. The van der Waals surface area contributed by atoms with Crippen molar-refractivity contribution in [2.75, 3.05) is 11.9 Å². The summed E-state index contributed by atoms with van der Waals surface area (Å²) in [5.74, 6) is 0.00186. The predicted octanol–water partition coefficient (Wildman–Crippen LogP) is 3.55. The Hall–Kier alpha value is -3.04. The van der Waals surface area contributed by atoms with Gasteiger partial charge in [0.1, 0.15) is 0 Å². The van der Waals surface area contributed by atoms with E-state index in [1.807, 2.05) is 6.92 Å². The van der Waals surface area contributed by atoms with Crippen molar-refractivity contribution in [2.45, 2.75) is 37.1 Å². The summed E-state index contributed by atoms with van der Waals surface area (Å²) >= 11 is 0. The summed E-state index contributed by atoms with van der Waals surface area (Å²) < 4.78 is 32.8. The molecule has 3 aromatic rings. The molecule has 1 unspecified atom stereocenters. The highest BCUT2D eigenvalue weighted by molar-refractivity contribution is 7.89. The molecule has 2 aromatic carbocycles. The van der Waals surface area contributed by atoms with Crippen LogP contribution in [0.15, 0.2) is 64.2 Å². The number of anilines is 1. The lowest BCUT2D eigenvalue weighted by Crippen LogP contribution is -2.41. The number of hydrogen-bond donors (Lipinski definition) is 1. The molecule has 1 aromatic heterocycles. The molecule has 1 fully saturated rings. The molecule has 0 aliphatic carbocycles. The maximum atomic E-state index is 13.1. The predicted molar refractivity (Wildman–Crippen MR) is 111 cm³/mol. The van der Waals surface area contributed by atoms with E-state index in [0.717, 1.165) is 24.8 Å². The number of sulfonamides is 1. The first-order valence-corrected chi connectivity index (χ1v) is 11.2. The quantitative estimate of drug-likeness (QED) is 0.669. The van der Waals surface area contributed by atoms with E-state index in [0.29, 0.717) is 18.1 Å². The molecule has 156 valence electrons. The molecule has 8 nitrogen and oxygen atoms in total. The monoisotopic (exact) mass is 426 g/mol. The van der Waals surface area contributed by atoms with E-state index in [2.05, 4.69) is 15.5 Å². The van der Waals surface area contributed by atoms with E-state index in [4.69, 9.17) is 4.42 Å². The highest BCUT2D eigenvalue weighted by Crippen LogP contribution is 2.26. The van der Waals surface area contributed by atoms with Crippen LogP contribution >= 0.6 is 0 Å². The van der Waals surface area contributed by atoms with Crippen LogP contribution in [0.25, 0.3) is 11.5 Å². The minimum absolute atomic E-state index is 0.0430. The third-order valence-electron chi connectivity index (χ3n) is 5.19. The smallest absolute Gasteiger partial charge is 0.255 e. The summed E-state index contributed by atoms with van der Waals surface area (Å²) in [4.78, 5) is 12.8. The topological polar surface area (TPSA) is 105 Å². The van der Waals surface area contributed by atoms with Crippen molar-refractivity contribution in [1.29, 1.82) is 0 Å². The van der Waals surface area contributed by atoms with Crippen LogP contribution in [0.2, 0.25) is 0 Å².